The van der Waals surface area contributed by atoms with Crippen LogP contribution in [0.4, 0.5) is 0 Å². The van der Waals surface area contributed by atoms with Gasteiger partial charge in [-0.2, -0.15) is 0 Å². The molecule has 0 N–H and O–H groups in total. The van der Waals surface area contributed by atoms with Gasteiger partial charge in [0.2, 0.25) is 0 Å². The number of hydrogen-bond acceptors (Lipinski definition) is 4. The SMILES string of the molecule is COC/C=C/c1cc(C(=O)OC)c2ccccc2n1. The molecule has 0 spiro atoms. The molecule has 0 bridgehead atoms. The molecule has 1 aromatic heterocycles. The molecule has 1 heterocycles. The highest BCUT2D eigenvalue weighted by atomic mass is 16.5. The lowest BCUT2D eigenvalue weighted by molar-refractivity contribution is 0.0603. The van der Waals surface area contributed by atoms with Gasteiger partial charge in [0, 0.05) is 12.5 Å². The summed E-state index contributed by atoms with van der Waals surface area (Å²) >= 11 is 0. The normalized spacial score (nSPS) is 11.1. The van der Waals surface area contributed by atoms with Crippen molar-refractivity contribution in [2.45, 2.75) is 0 Å². The molecule has 0 aliphatic heterocycles. The molecule has 2 rings (SSSR count). The summed E-state index contributed by atoms with van der Waals surface area (Å²) in [5.74, 6) is -0.361. The number of benzene rings is 1. The Morgan fingerprint density at radius 2 is 2.11 bits per heavy atom. The van der Waals surface area contributed by atoms with Gasteiger partial charge < -0.3 is 9.47 Å². The van der Waals surface area contributed by atoms with Gasteiger partial charge >= 0.3 is 5.97 Å². The fraction of sp³-hybridized carbons (Fsp3) is 0.200. The maximum absolute atomic E-state index is 11.8. The number of pyridine rings is 1. The first kappa shape index (κ1) is 13.2. The van der Waals surface area contributed by atoms with Crippen molar-refractivity contribution in [1.29, 1.82) is 0 Å². The first-order valence-corrected chi connectivity index (χ1v) is 5.90. The van der Waals surface area contributed by atoms with Crippen LogP contribution < -0.4 is 0 Å². The van der Waals surface area contributed by atoms with Gasteiger partial charge in [0.05, 0.1) is 30.5 Å². The molecule has 0 atom stereocenters. The van der Waals surface area contributed by atoms with Crippen LogP contribution in [0.15, 0.2) is 36.4 Å². The third-order valence-corrected chi connectivity index (χ3v) is 2.69. The van der Waals surface area contributed by atoms with E-state index in [2.05, 4.69) is 4.98 Å². The topological polar surface area (TPSA) is 48.4 Å². The lowest BCUT2D eigenvalue weighted by atomic mass is 10.1. The van der Waals surface area contributed by atoms with Crippen molar-refractivity contribution in [2.75, 3.05) is 20.8 Å². The second kappa shape index (κ2) is 6.11. The number of fused-ring (bicyclic) bond motifs is 1. The van der Waals surface area contributed by atoms with Crippen molar-refractivity contribution in [3.8, 4) is 0 Å². The smallest absolute Gasteiger partial charge is 0.338 e. The molecule has 1 aromatic carbocycles. The quantitative estimate of drug-likeness (QED) is 0.790. The van der Waals surface area contributed by atoms with Crippen molar-refractivity contribution in [3.05, 3.63) is 47.7 Å². The molecule has 0 aliphatic rings. The third-order valence-electron chi connectivity index (χ3n) is 2.69. The molecule has 0 saturated carbocycles. The highest BCUT2D eigenvalue weighted by Crippen LogP contribution is 2.19. The molecule has 19 heavy (non-hydrogen) atoms. The number of para-hydroxylation sites is 1. The summed E-state index contributed by atoms with van der Waals surface area (Å²) in [4.78, 5) is 16.3. The number of methoxy groups -OCH3 is 2. The predicted octanol–water partition coefficient (Wildman–Crippen LogP) is 2.68. The van der Waals surface area contributed by atoms with Gasteiger partial charge in [-0.15, -0.1) is 0 Å². The van der Waals surface area contributed by atoms with Gasteiger partial charge in [0.15, 0.2) is 0 Å². The molecular weight excluding hydrogens is 242 g/mol. The third kappa shape index (κ3) is 2.98. The molecule has 4 nitrogen and oxygen atoms in total. The van der Waals surface area contributed by atoms with Crippen LogP contribution in [-0.2, 0) is 9.47 Å². The first-order valence-electron chi connectivity index (χ1n) is 5.90. The molecule has 0 fully saturated rings. The van der Waals surface area contributed by atoms with Crippen LogP contribution in [0.2, 0.25) is 0 Å². The monoisotopic (exact) mass is 257 g/mol. The largest absolute Gasteiger partial charge is 0.465 e. The second-order valence-electron chi connectivity index (χ2n) is 3.96. The van der Waals surface area contributed by atoms with E-state index in [4.69, 9.17) is 9.47 Å². The van der Waals surface area contributed by atoms with Gasteiger partial charge in [-0.25, -0.2) is 9.78 Å². The molecular formula is C15H15NO3. The van der Waals surface area contributed by atoms with E-state index in [1.54, 1.807) is 13.2 Å². The highest BCUT2D eigenvalue weighted by molar-refractivity contribution is 6.03. The average Bonchev–Trinajstić information content (AvgIpc) is 2.46. The number of nitrogens with zero attached hydrogens (tertiary/aromatic N) is 1. The molecule has 0 amide bonds. The van der Waals surface area contributed by atoms with Crippen LogP contribution in [0.25, 0.3) is 17.0 Å². The fourth-order valence-corrected chi connectivity index (χ4v) is 1.83. The van der Waals surface area contributed by atoms with Crippen molar-refractivity contribution in [2.24, 2.45) is 0 Å². The Bertz CT molecular complexity index is 620. The van der Waals surface area contributed by atoms with E-state index in [9.17, 15) is 4.79 Å². The molecule has 2 aromatic rings. The Kier molecular flexibility index (Phi) is 4.26. The van der Waals surface area contributed by atoms with E-state index in [1.165, 1.54) is 7.11 Å². The van der Waals surface area contributed by atoms with Crippen LogP contribution >= 0.6 is 0 Å². The Labute approximate surface area is 111 Å². The Balaban J connectivity index is 2.53. The van der Waals surface area contributed by atoms with Crippen LogP contribution in [0.3, 0.4) is 0 Å². The summed E-state index contributed by atoms with van der Waals surface area (Å²) in [7, 11) is 3.00. The Hall–Kier alpha value is -2.20. The lowest BCUT2D eigenvalue weighted by Crippen LogP contribution is -2.03. The fourth-order valence-electron chi connectivity index (χ4n) is 1.83. The minimum atomic E-state index is -0.361. The highest BCUT2D eigenvalue weighted by Gasteiger charge is 2.11. The van der Waals surface area contributed by atoms with E-state index < -0.39 is 0 Å². The van der Waals surface area contributed by atoms with E-state index >= 15 is 0 Å². The molecule has 0 radical (unpaired) electrons. The zero-order valence-electron chi connectivity index (χ0n) is 10.9. The van der Waals surface area contributed by atoms with Crippen molar-refractivity contribution in [1.82, 2.24) is 4.98 Å². The number of rotatable bonds is 4. The summed E-state index contributed by atoms with van der Waals surface area (Å²) in [6.45, 7) is 0.502. The van der Waals surface area contributed by atoms with Crippen molar-refractivity contribution < 1.29 is 14.3 Å². The number of carbonyl (C=O) groups excluding carboxylic acids is 1. The summed E-state index contributed by atoms with van der Waals surface area (Å²) in [6, 6.07) is 9.21. The molecule has 0 unspecified atom stereocenters. The summed E-state index contributed by atoms with van der Waals surface area (Å²) < 4.78 is 9.75. The first-order chi connectivity index (χ1) is 9.26. The minimum absolute atomic E-state index is 0.361. The molecule has 0 saturated heterocycles. The van der Waals surface area contributed by atoms with E-state index in [-0.39, 0.29) is 5.97 Å². The zero-order valence-corrected chi connectivity index (χ0v) is 10.9. The molecule has 98 valence electrons. The number of carbonyl (C=O) groups is 1. The van der Waals surface area contributed by atoms with Crippen molar-refractivity contribution >= 4 is 22.9 Å². The predicted molar refractivity (Wildman–Crippen MR) is 74.0 cm³/mol. The number of aromatic nitrogens is 1. The van der Waals surface area contributed by atoms with Gasteiger partial charge in [-0.3, -0.25) is 0 Å². The molecule has 0 aliphatic carbocycles. The lowest BCUT2D eigenvalue weighted by Gasteiger charge is -2.06. The van der Waals surface area contributed by atoms with E-state index in [1.807, 2.05) is 36.4 Å². The van der Waals surface area contributed by atoms with Gasteiger partial charge in [-0.1, -0.05) is 24.3 Å². The van der Waals surface area contributed by atoms with E-state index in [0.29, 0.717) is 17.9 Å². The summed E-state index contributed by atoms with van der Waals surface area (Å²) in [5.41, 5.74) is 1.99. The van der Waals surface area contributed by atoms with Crippen LogP contribution in [-0.4, -0.2) is 31.8 Å². The maximum Gasteiger partial charge on any atom is 0.338 e. The number of hydrogen-bond donors (Lipinski definition) is 0. The molecule has 4 heteroatoms. The zero-order chi connectivity index (χ0) is 13.7. The summed E-state index contributed by atoms with van der Waals surface area (Å²) in [6.07, 6.45) is 3.67. The van der Waals surface area contributed by atoms with E-state index in [0.717, 1.165) is 10.9 Å². The Morgan fingerprint density at radius 1 is 1.32 bits per heavy atom. The van der Waals surface area contributed by atoms with Crippen LogP contribution in [0, 0.1) is 0 Å². The van der Waals surface area contributed by atoms with Crippen LogP contribution in [0.1, 0.15) is 16.1 Å². The minimum Gasteiger partial charge on any atom is -0.465 e. The Morgan fingerprint density at radius 3 is 2.84 bits per heavy atom. The number of ether oxygens (including phenoxy) is 2. The average molecular weight is 257 g/mol. The maximum atomic E-state index is 11.8. The van der Waals surface area contributed by atoms with Crippen molar-refractivity contribution in [3.63, 3.8) is 0 Å². The summed E-state index contributed by atoms with van der Waals surface area (Å²) in [5, 5.41) is 0.790. The van der Waals surface area contributed by atoms with Gasteiger partial charge in [0.1, 0.15) is 0 Å². The van der Waals surface area contributed by atoms with Crippen LogP contribution in [0.5, 0.6) is 0 Å². The standard InChI is InChI=1S/C15H15NO3/c1-18-9-5-6-11-10-13(15(17)19-2)12-7-3-4-8-14(12)16-11/h3-8,10H,9H2,1-2H3/b6-5+. The second-order valence-corrected chi connectivity index (χ2v) is 3.96. The van der Waals surface area contributed by atoms with Gasteiger partial charge in [0.25, 0.3) is 0 Å². The number of esters is 1. The van der Waals surface area contributed by atoms with Gasteiger partial charge in [-0.05, 0) is 18.2 Å².